The number of aromatic nitrogens is 2. The van der Waals surface area contributed by atoms with Crippen LogP contribution in [-0.2, 0) is 0 Å². The molecule has 5 heterocycles. The van der Waals surface area contributed by atoms with Crippen molar-refractivity contribution in [2.45, 2.75) is 30.6 Å². The van der Waals surface area contributed by atoms with Gasteiger partial charge in [0.1, 0.15) is 5.69 Å². The Bertz CT molecular complexity index is 841. The minimum atomic E-state index is -0.102. The number of nitrogens with one attached hydrogen (secondary N) is 5. The predicted octanol–water partition coefficient (Wildman–Crippen LogP) is 0.0465. The van der Waals surface area contributed by atoms with E-state index in [1.165, 1.54) is 5.56 Å². The maximum absolute atomic E-state index is 12.5. The van der Waals surface area contributed by atoms with Gasteiger partial charge in [-0.25, -0.2) is 10.4 Å². The number of piperidine rings is 1. The summed E-state index contributed by atoms with van der Waals surface area (Å²) in [4.78, 5) is 21.4. The Morgan fingerprint density at radius 2 is 2.04 bits per heavy atom. The normalized spacial score (nSPS) is 29.7. The molecule has 2 aromatic rings. The topological polar surface area (TPSA) is 103 Å². The summed E-state index contributed by atoms with van der Waals surface area (Å²) in [5.41, 5.74) is 9.41. The zero-order valence-corrected chi connectivity index (χ0v) is 15.6. The fraction of sp³-hybridized carbons (Fsp3) is 0.450. The Labute approximate surface area is 163 Å². The summed E-state index contributed by atoms with van der Waals surface area (Å²) in [6, 6.07) is 10.7. The Balaban J connectivity index is 1.33. The number of hydrazine groups is 1. The van der Waals surface area contributed by atoms with Crippen LogP contribution in [0.15, 0.2) is 42.7 Å². The lowest BCUT2D eigenvalue weighted by atomic mass is 9.81. The first kappa shape index (κ1) is 17.7. The van der Waals surface area contributed by atoms with Crippen molar-refractivity contribution in [1.29, 1.82) is 0 Å². The van der Waals surface area contributed by atoms with Gasteiger partial charge < -0.3 is 16.0 Å². The SMILES string of the molecule is O=C(NC1CNC1)c1cccc(C2NNC3CNC(c4cccnc4)CC32)n1. The summed E-state index contributed by atoms with van der Waals surface area (Å²) in [5, 5.41) is 9.79. The van der Waals surface area contributed by atoms with Crippen molar-refractivity contribution in [2.75, 3.05) is 19.6 Å². The number of nitrogens with zero attached hydrogens (tertiary/aromatic N) is 2. The molecule has 4 atom stereocenters. The van der Waals surface area contributed by atoms with Gasteiger partial charge in [0.05, 0.1) is 17.8 Å². The van der Waals surface area contributed by atoms with E-state index in [0.717, 1.165) is 31.7 Å². The van der Waals surface area contributed by atoms with Crippen LogP contribution < -0.4 is 26.8 Å². The molecule has 0 radical (unpaired) electrons. The molecule has 28 heavy (non-hydrogen) atoms. The third-order valence-electron chi connectivity index (χ3n) is 5.99. The van der Waals surface area contributed by atoms with Crippen molar-refractivity contribution in [3.05, 3.63) is 59.7 Å². The molecular formula is C20H25N7O. The molecule has 3 aliphatic heterocycles. The fourth-order valence-corrected chi connectivity index (χ4v) is 4.30. The van der Waals surface area contributed by atoms with Gasteiger partial charge in [-0.3, -0.25) is 15.2 Å². The Kier molecular flexibility index (Phi) is 4.77. The molecule has 2 aromatic heterocycles. The third-order valence-corrected chi connectivity index (χ3v) is 5.99. The van der Waals surface area contributed by atoms with Crippen LogP contribution in [0.3, 0.4) is 0 Å². The molecule has 0 spiro atoms. The fourth-order valence-electron chi connectivity index (χ4n) is 4.30. The van der Waals surface area contributed by atoms with Crippen LogP contribution in [0.1, 0.15) is 40.3 Å². The predicted molar refractivity (Wildman–Crippen MR) is 104 cm³/mol. The molecule has 4 unspecified atom stereocenters. The van der Waals surface area contributed by atoms with Crippen molar-refractivity contribution in [3.63, 3.8) is 0 Å². The molecule has 8 nitrogen and oxygen atoms in total. The molecule has 5 N–H and O–H groups in total. The van der Waals surface area contributed by atoms with Crippen molar-refractivity contribution in [1.82, 2.24) is 36.8 Å². The molecule has 0 aliphatic carbocycles. The summed E-state index contributed by atoms with van der Waals surface area (Å²) in [7, 11) is 0. The molecule has 3 fully saturated rings. The van der Waals surface area contributed by atoms with E-state index in [1.807, 2.05) is 24.4 Å². The van der Waals surface area contributed by atoms with Crippen LogP contribution >= 0.6 is 0 Å². The first-order valence-corrected chi connectivity index (χ1v) is 9.91. The highest BCUT2D eigenvalue weighted by Gasteiger charge is 2.42. The number of carbonyl (C=O) groups excluding carboxylic acids is 1. The van der Waals surface area contributed by atoms with E-state index in [4.69, 9.17) is 0 Å². The lowest BCUT2D eigenvalue weighted by Gasteiger charge is -2.34. The van der Waals surface area contributed by atoms with Gasteiger partial charge in [-0.15, -0.1) is 0 Å². The van der Waals surface area contributed by atoms with Crippen molar-refractivity contribution >= 4 is 5.91 Å². The van der Waals surface area contributed by atoms with Crippen LogP contribution in [0.5, 0.6) is 0 Å². The average molecular weight is 379 g/mol. The Morgan fingerprint density at radius 1 is 1.11 bits per heavy atom. The lowest BCUT2D eigenvalue weighted by Crippen LogP contribution is -2.57. The summed E-state index contributed by atoms with van der Waals surface area (Å²) in [6.45, 7) is 2.53. The largest absolute Gasteiger partial charge is 0.345 e. The van der Waals surface area contributed by atoms with Gasteiger partial charge in [-0.2, -0.15) is 0 Å². The quantitative estimate of drug-likeness (QED) is 0.511. The van der Waals surface area contributed by atoms with Gasteiger partial charge >= 0.3 is 0 Å². The van der Waals surface area contributed by atoms with Gasteiger partial charge in [0.15, 0.2) is 0 Å². The molecule has 0 aromatic carbocycles. The van der Waals surface area contributed by atoms with Crippen molar-refractivity contribution < 1.29 is 4.79 Å². The standard InChI is InChI=1S/C20H25N7O/c28-20(24-13-9-22-10-13)16-5-1-4-15(25-16)19-14-7-17(12-3-2-6-21-8-12)23-11-18(14)26-27-19/h1-6,8,13-14,17-19,22-23,26-27H,7,9-11H2,(H,24,28). The number of amides is 1. The van der Waals surface area contributed by atoms with Gasteiger partial charge in [-0.1, -0.05) is 12.1 Å². The minimum absolute atomic E-state index is 0.0735. The van der Waals surface area contributed by atoms with Crippen molar-refractivity contribution in [3.8, 4) is 0 Å². The number of rotatable bonds is 4. The highest BCUT2D eigenvalue weighted by molar-refractivity contribution is 5.92. The van der Waals surface area contributed by atoms with Crippen LogP contribution in [0.2, 0.25) is 0 Å². The first-order chi connectivity index (χ1) is 13.8. The smallest absolute Gasteiger partial charge is 0.270 e. The maximum Gasteiger partial charge on any atom is 0.270 e. The summed E-state index contributed by atoms with van der Waals surface area (Å²) >= 11 is 0. The van der Waals surface area contributed by atoms with E-state index in [-0.39, 0.29) is 24.0 Å². The maximum atomic E-state index is 12.5. The summed E-state index contributed by atoms with van der Waals surface area (Å²) in [5.74, 6) is 0.280. The second-order valence-corrected chi connectivity index (χ2v) is 7.80. The third kappa shape index (κ3) is 3.40. The Hall–Kier alpha value is -2.39. The number of hydrogen-bond donors (Lipinski definition) is 5. The van der Waals surface area contributed by atoms with E-state index in [1.54, 1.807) is 12.3 Å². The molecule has 3 aliphatic rings. The Morgan fingerprint density at radius 3 is 2.82 bits per heavy atom. The molecule has 0 bridgehead atoms. The molecular weight excluding hydrogens is 354 g/mol. The van der Waals surface area contributed by atoms with Crippen LogP contribution in [-0.4, -0.2) is 47.6 Å². The highest BCUT2D eigenvalue weighted by Crippen LogP contribution is 2.37. The molecule has 0 saturated carbocycles. The number of hydrogen-bond acceptors (Lipinski definition) is 7. The molecule has 146 valence electrons. The zero-order chi connectivity index (χ0) is 18.9. The second kappa shape index (κ2) is 7.56. The van der Waals surface area contributed by atoms with Gasteiger partial charge in [0, 0.05) is 50.0 Å². The van der Waals surface area contributed by atoms with E-state index in [9.17, 15) is 4.79 Å². The minimum Gasteiger partial charge on any atom is -0.345 e. The average Bonchev–Trinajstić information content (AvgIpc) is 3.14. The number of pyridine rings is 2. The molecule has 1 amide bonds. The first-order valence-electron chi connectivity index (χ1n) is 9.91. The van der Waals surface area contributed by atoms with E-state index in [2.05, 4.69) is 42.8 Å². The zero-order valence-electron chi connectivity index (χ0n) is 15.6. The number of carbonyl (C=O) groups is 1. The highest BCUT2D eigenvalue weighted by atomic mass is 16.2. The molecule has 5 rings (SSSR count). The van der Waals surface area contributed by atoms with Crippen LogP contribution in [0, 0.1) is 5.92 Å². The molecule has 8 heteroatoms. The van der Waals surface area contributed by atoms with Gasteiger partial charge in [-0.05, 0) is 30.2 Å². The summed E-state index contributed by atoms with van der Waals surface area (Å²) < 4.78 is 0. The van der Waals surface area contributed by atoms with E-state index in [0.29, 0.717) is 17.7 Å². The summed E-state index contributed by atoms with van der Waals surface area (Å²) in [6.07, 6.45) is 4.71. The van der Waals surface area contributed by atoms with E-state index < -0.39 is 0 Å². The van der Waals surface area contributed by atoms with Crippen LogP contribution in [0.25, 0.3) is 0 Å². The van der Waals surface area contributed by atoms with Crippen molar-refractivity contribution in [2.24, 2.45) is 5.92 Å². The van der Waals surface area contributed by atoms with Crippen LogP contribution in [0.4, 0.5) is 0 Å². The lowest BCUT2D eigenvalue weighted by molar-refractivity contribution is 0.0918. The molecule has 3 saturated heterocycles. The van der Waals surface area contributed by atoms with Gasteiger partial charge in [0.25, 0.3) is 5.91 Å². The van der Waals surface area contributed by atoms with Gasteiger partial charge in [0.2, 0.25) is 0 Å². The monoisotopic (exact) mass is 379 g/mol. The number of fused-ring (bicyclic) bond motifs is 1. The van der Waals surface area contributed by atoms with E-state index >= 15 is 0 Å². The second-order valence-electron chi connectivity index (χ2n) is 7.80.